The minimum Gasteiger partial charge on any atom is -0.353 e. The summed E-state index contributed by atoms with van der Waals surface area (Å²) in [6.07, 6.45) is 3.71. The average Bonchev–Trinajstić information content (AvgIpc) is 2.61. The number of hydrogen-bond donors (Lipinski definition) is 0. The van der Waals surface area contributed by atoms with E-state index in [-0.39, 0.29) is 18.1 Å². The van der Waals surface area contributed by atoms with Crippen molar-refractivity contribution in [2.45, 2.75) is 33.0 Å². The van der Waals surface area contributed by atoms with Crippen LogP contribution < -0.4 is 0 Å². The van der Waals surface area contributed by atoms with E-state index in [4.69, 9.17) is 9.47 Å². The fraction of sp³-hybridized carbons (Fsp3) is 0.667. The van der Waals surface area contributed by atoms with Crippen LogP contribution in [0.1, 0.15) is 26.7 Å². The fourth-order valence-corrected chi connectivity index (χ4v) is 1.65. The second-order valence-corrected chi connectivity index (χ2v) is 3.64. The van der Waals surface area contributed by atoms with Gasteiger partial charge in [-0.1, -0.05) is 0 Å². The molecule has 1 aliphatic rings. The van der Waals surface area contributed by atoms with Gasteiger partial charge in [0.25, 0.3) is 11.8 Å². The Morgan fingerprint density at radius 2 is 1.65 bits per heavy atom. The number of nitrogens with zero attached hydrogens (tertiary/aromatic N) is 1. The van der Waals surface area contributed by atoms with Crippen LogP contribution in [-0.4, -0.2) is 42.8 Å². The molecule has 0 aromatic rings. The van der Waals surface area contributed by atoms with Crippen LogP contribution in [-0.2, 0) is 19.1 Å². The van der Waals surface area contributed by atoms with Crippen molar-refractivity contribution < 1.29 is 19.1 Å². The highest BCUT2D eigenvalue weighted by atomic mass is 16.7. The number of amides is 2. The van der Waals surface area contributed by atoms with Gasteiger partial charge < -0.3 is 9.47 Å². The van der Waals surface area contributed by atoms with Crippen LogP contribution in [0, 0.1) is 0 Å². The van der Waals surface area contributed by atoms with E-state index in [1.54, 1.807) is 0 Å². The van der Waals surface area contributed by atoms with E-state index >= 15 is 0 Å². The third kappa shape index (κ3) is 4.28. The Bertz CT molecular complexity index is 277. The van der Waals surface area contributed by atoms with Crippen molar-refractivity contribution in [2.24, 2.45) is 0 Å². The Hall–Kier alpha value is -1.20. The molecule has 0 radical (unpaired) electrons. The molecule has 0 unspecified atom stereocenters. The minimum absolute atomic E-state index is 0.237. The molecule has 0 N–H and O–H groups in total. The molecule has 0 saturated carbocycles. The van der Waals surface area contributed by atoms with Crippen molar-refractivity contribution in [1.29, 1.82) is 0 Å². The van der Waals surface area contributed by atoms with Crippen LogP contribution in [0.3, 0.4) is 0 Å². The van der Waals surface area contributed by atoms with Crippen LogP contribution in [0.25, 0.3) is 0 Å². The largest absolute Gasteiger partial charge is 0.353 e. The summed E-state index contributed by atoms with van der Waals surface area (Å²) in [5.41, 5.74) is 0. The number of hydrogen-bond acceptors (Lipinski definition) is 4. The standard InChI is InChI=1S/C12H19NO4/c1-3-16-12(17-4-2)6-5-9-13-10(14)7-8-11(13)15/h7-8,12H,3-6,9H2,1-2H3. The lowest BCUT2D eigenvalue weighted by molar-refractivity contribution is -0.144. The van der Waals surface area contributed by atoms with Crippen LogP contribution in [0.15, 0.2) is 12.2 Å². The normalized spacial score (nSPS) is 15.4. The summed E-state index contributed by atoms with van der Waals surface area (Å²) in [5, 5.41) is 0. The quantitative estimate of drug-likeness (QED) is 0.471. The second-order valence-electron chi connectivity index (χ2n) is 3.64. The Balaban J connectivity index is 2.26. The Labute approximate surface area is 101 Å². The molecule has 1 rings (SSSR count). The Morgan fingerprint density at radius 1 is 1.12 bits per heavy atom. The van der Waals surface area contributed by atoms with E-state index in [0.29, 0.717) is 32.6 Å². The van der Waals surface area contributed by atoms with Crippen molar-refractivity contribution >= 4 is 11.8 Å². The smallest absolute Gasteiger partial charge is 0.253 e. The molecule has 0 aromatic heterocycles. The first-order valence-corrected chi connectivity index (χ1v) is 5.95. The SMILES string of the molecule is CCOC(CCCN1C(=O)C=CC1=O)OCC. The predicted molar refractivity (Wildman–Crippen MR) is 62.1 cm³/mol. The number of ether oxygens (including phenoxy) is 2. The number of rotatable bonds is 8. The van der Waals surface area contributed by atoms with E-state index in [0.717, 1.165) is 0 Å². The first kappa shape index (κ1) is 13.9. The van der Waals surface area contributed by atoms with Gasteiger partial charge in [0.15, 0.2) is 6.29 Å². The van der Waals surface area contributed by atoms with Crippen molar-refractivity contribution in [3.8, 4) is 0 Å². The number of carbonyl (C=O) groups excluding carboxylic acids is 2. The second kappa shape index (κ2) is 7.19. The zero-order valence-electron chi connectivity index (χ0n) is 10.3. The molecule has 0 atom stereocenters. The van der Waals surface area contributed by atoms with Gasteiger partial charge in [0.1, 0.15) is 0 Å². The highest BCUT2D eigenvalue weighted by Gasteiger charge is 2.22. The molecule has 0 saturated heterocycles. The van der Waals surface area contributed by atoms with Gasteiger partial charge >= 0.3 is 0 Å². The monoisotopic (exact) mass is 241 g/mol. The van der Waals surface area contributed by atoms with Crippen LogP contribution >= 0.6 is 0 Å². The van der Waals surface area contributed by atoms with E-state index in [1.165, 1.54) is 17.1 Å². The van der Waals surface area contributed by atoms with Gasteiger partial charge in [-0.2, -0.15) is 0 Å². The molecule has 0 bridgehead atoms. The predicted octanol–water partition coefficient (Wildman–Crippen LogP) is 1.09. The van der Waals surface area contributed by atoms with Crippen LogP contribution in [0.5, 0.6) is 0 Å². The summed E-state index contributed by atoms with van der Waals surface area (Å²) in [6, 6.07) is 0. The summed E-state index contributed by atoms with van der Waals surface area (Å²) in [4.78, 5) is 23.8. The molecule has 0 spiro atoms. The average molecular weight is 241 g/mol. The van der Waals surface area contributed by atoms with Crippen molar-refractivity contribution in [2.75, 3.05) is 19.8 Å². The zero-order chi connectivity index (χ0) is 12.7. The first-order valence-electron chi connectivity index (χ1n) is 5.95. The van der Waals surface area contributed by atoms with Crippen molar-refractivity contribution in [1.82, 2.24) is 4.90 Å². The molecule has 0 aliphatic carbocycles. The highest BCUT2D eigenvalue weighted by Crippen LogP contribution is 2.09. The molecular weight excluding hydrogens is 222 g/mol. The van der Waals surface area contributed by atoms with Crippen molar-refractivity contribution in [3.05, 3.63) is 12.2 Å². The van der Waals surface area contributed by atoms with Crippen LogP contribution in [0.4, 0.5) is 0 Å². The maximum absolute atomic E-state index is 11.3. The number of imide groups is 1. The molecule has 2 amide bonds. The highest BCUT2D eigenvalue weighted by molar-refractivity contribution is 6.12. The molecule has 0 aromatic carbocycles. The van der Waals surface area contributed by atoms with E-state index in [2.05, 4.69) is 0 Å². The molecule has 17 heavy (non-hydrogen) atoms. The summed E-state index contributed by atoms with van der Waals surface area (Å²) in [7, 11) is 0. The molecule has 5 nitrogen and oxygen atoms in total. The molecular formula is C12H19NO4. The van der Waals surface area contributed by atoms with E-state index in [1.807, 2.05) is 13.8 Å². The van der Waals surface area contributed by atoms with E-state index < -0.39 is 0 Å². The van der Waals surface area contributed by atoms with Gasteiger partial charge in [0.2, 0.25) is 0 Å². The zero-order valence-corrected chi connectivity index (χ0v) is 10.3. The fourth-order valence-electron chi connectivity index (χ4n) is 1.65. The minimum atomic E-state index is -0.245. The lowest BCUT2D eigenvalue weighted by atomic mass is 10.3. The Kier molecular flexibility index (Phi) is 5.86. The summed E-state index contributed by atoms with van der Waals surface area (Å²) >= 11 is 0. The first-order chi connectivity index (χ1) is 8.19. The van der Waals surface area contributed by atoms with Gasteiger partial charge in [-0.05, 0) is 20.3 Å². The van der Waals surface area contributed by atoms with Crippen LogP contribution in [0.2, 0.25) is 0 Å². The summed E-state index contributed by atoms with van der Waals surface area (Å²) in [5.74, 6) is -0.473. The molecule has 1 heterocycles. The van der Waals surface area contributed by atoms with Crippen molar-refractivity contribution in [3.63, 3.8) is 0 Å². The topological polar surface area (TPSA) is 55.8 Å². The summed E-state index contributed by atoms with van der Waals surface area (Å²) in [6.45, 7) is 5.41. The molecule has 1 aliphatic heterocycles. The van der Waals surface area contributed by atoms with Gasteiger partial charge in [-0.15, -0.1) is 0 Å². The van der Waals surface area contributed by atoms with Gasteiger partial charge in [-0.3, -0.25) is 14.5 Å². The van der Waals surface area contributed by atoms with E-state index in [9.17, 15) is 9.59 Å². The third-order valence-electron chi connectivity index (χ3n) is 2.43. The lowest BCUT2D eigenvalue weighted by Crippen LogP contribution is -2.31. The molecule has 0 fully saturated rings. The maximum Gasteiger partial charge on any atom is 0.253 e. The lowest BCUT2D eigenvalue weighted by Gasteiger charge is -2.18. The van der Waals surface area contributed by atoms with Gasteiger partial charge in [0, 0.05) is 38.3 Å². The molecule has 96 valence electrons. The summed E-state index contributed by atoms with van der Waals surface area (Å²) < 4.78 is 10.7. The third-order valence-corrected chi connectivity index (χ3v) is 2.43. The van der Waals surface area contributed by atoms with Gasteiger partial charge in [-0.25, -0.2) is 0 Å². The molecule has 5 heteroatoms. The number of carbonyl (C=O) groups is 2. The van der Waals surface area contributed by atoms with Gasteiger partial charge in [0.05, 0.1) is 0 Å². The Morgan fingerprint density at radius 3 is 2.12 bits per heavy atom. The maximum atomic E-state index is 11.3.